The Kier molecular flexibility index (Phi) is 17.1. The van der Waals surface area contributed by atoms with Crippen molar-refractivity contribution >= 4 is 5.97 Å². The number of ether oxygens (including phenoxy) is 1. The number of nitrogens with zero attached hydrogens (tertiary/aromatic N) is 4. The van der Waals surface area contributed by atoms with Crippen molar-refractivity contribution in [3.8, 4) is 0 Å². The summed E-state index contributed by atoms with van der Waals surface area (Å²) < 4.78 is 6.69. The number of aromatic nitrogens is 2. The van der Waals surface area contributed by atoms with Crippen molar-refractivity contribution < 1.29 is 19.7 Å². The summed E-state index contributed by atoms with van der Waals surface area (Å²) in [6, 6.07) is -0.542. The van der Waals surface area contributed by atoms with Crippen LogP contribution in [-0.4, -0.2) is 44.5 Å². The number of unbranched alkanes of at least 4 members (excludes halogenated alkanes) is 12. The number of hydrogen-bond donors (Lipinski definition) is 3. The maximum atomic E-state index is 11.7. The summed E-state index contributed by atoms with van der Waals surface area (Å²) in [5.41, 5.74) is 7.76. The molecule has 2 heterocycles. The number of carboxylic acids is 1. The molecular formula is C26H45N5O6. The highest BCUT2D eigenvalue weighted by atomic mass is 16.5. The minimum atomic E-state index is -0.671. The van der Waals surface area contributed by atoms with Gasteiger partial charge in [0.2, 0.25) is 0 Å². The average Bonchev–Trinajstić information content (AvgIpc) is 3.27. The fraction of sp³-hybridized carbons (Fsp3) is 0.808. The Labute approximate surface area is 218 Å². The molecule has 0 aromatic carbocycles. The summed E-state index contributed by atoms with van der Waals surface area (Å²) in [4.78, 5) is 38.1. The summed E-state index contributed by atoms with van der Waals surface area (Å²) in [6.07, 6.45) is 17.6. The van der Waals surface area contributed by atoms with E-state index in [1.54, 1.807) is 6.92 Å². The number of aromatic amines is 1. The summed E-state index contributed by atoms with van der Waals surface area (Å²) in [6.45, 7) is 3.52. The van der Waals surface area contributed by atoms with Crippen LogP contribution in [0.2, 0.25) is 0 Å². The number of aliphatic hydroxyl groups is 1. The summed E-state index contributed by atoms with van der Waals surface area (Å²) in [5.74, 6) is -0.655. The molecule has 11 heteroatoms. The van der Waals surface area contributed by atoms with Crippen molar-refractivity contribution in [1.82, 2.24) is 9.55 Å². The lowest BCUT2D eigenvalue weighted by Gasteiger charge is -2.14. The van der Waals surface area contributed by atoms with E-state index in [0.29, 0.717) is 12.0 Å². The number of nitrogens with one attached hydrogen (secondary N) is 1. The predicted octanol–water partition coefficient (Wildman–Crippen LogP) is 5.36. The van der Waals surface area contributed by atoms with Crippen molar-refractivity contribution in [2.45, 2.75) is 129 Å². The van der Waals surface area contributed by atoms with Gasteiger partial charge < -0.3 is 14.9 Å². The van der Waals surface area contributed by atoms with Crippen molar-refractivity contribution in [2.24, 2.45) is 5.11 Å². The normalized spacial score (nSPS) is 18.6. The van der Waals surface area contributed by atoms with Gasteiger partial charge in [-0.05, 0) is 18.9 Å². The van der Waals surface area contributed by atoms with Crippen molar-refractivity contribution in [3.05, 3.63) is 43.0 Å². The van der Waals surface area contributed by atoms with Gasteiger partial charge in [0.15, 0.2) is 0 Å². The number of carbonyl (C=O) groups is 1. The van der Waals surface area contributed by atoms with Gasteiger partial charge in [0.05, 0.1) is 18.8 Å². The Morgan fingerprint density at radius 3 is 2.11 bits per heavy atom. The first kappa shape index (κ1) is 32.4. The lowest BCUT2D eigenvalue weighted by Crippen LogP contribution is -2.33. The molecule has 0 saturated carbocycles. The van der Waals surface area contributed by atoms with Crippen LogP contribution in [-0.2, 0) is 9.53 Å². The second-order valence-corrected chi connectivity index (χ2v) is 9.68. The van der Waals surface area contributed by atoms with Crippen LogP contribution in [0.3, 0.4) is 0 Å². The number of hydrogen-bond acceptors (Lipinski definition) is 6. The van der Waals surface area contributed by atoms with E-state index in [1.165, 1.54) is 81.4 Å². The minimum Gasteiger partial charge on any atom is -0.481 e. The molecule has 0 spiro atoms. The molecule has 3 atom stereocenters. The van der Waals surface area contributed by atoms with Gasteiger partial charge in [-0.15, -0.1) is 0 Å². The molecule has 1 saturated heterocycles. The van der Waals surface area contributed by atoms with E-state index < -0.39 is 35.6 Å². The summed E-state index contributed by atoms with van der Waals surface area (Å²) >= 11 is 0. The first-order valence-electron chi connectivity index (χ1n) is 13.7. The van der Waals surface area contributed by atoms with Crippen molar-refractivity contribution in [3.63, 3.8) is 0 Å². The van der Waals surface area contributed by atoms with Crippen LogP contribution < -0.4 is 11.2 Å². The monoisotopic (exact) mass is 523 g/mol. The van der Waals surface area contributed by atoms with Crippen LogP contribution in [0.25, 0.3) is 10.4 Å². The lowest BCUT2D eigenvalue weighted by atomic mass is 10.0. The number of aliphatic hydroxyl groups excluding tert-OH is 1. The van der Waals surface area contributed by atoms with Crippen molar-refractivity contribution in [2.75, 3.05) is 6.61 Å². The topological polar surface area (TPSA) is 170 Å². The van der Waals surface area contributed by atoms with E-state index in [0.717, 1.165) is 12.8 Å². The van der Waals surface area contributed by atoms with Gasteiger partial charge in [-0.1, -0.05) is 89.1 Å². The molecule has 37 heavy (non-hydrogen) atoms. The number of carboxylic acid groups (broad SMARTS) is 1. The number of azide groups is 1. The Morgan fingerprint density at radius 1 is 1.08 bits per heavy atom. The maximum absolute atomic E-state index is 11.7. The molecule has 1 aromatic rings. The SMILES string of the molecule is CCCCCCCCCCCCCCCC(=O)O.Cc1cn([C@H]2CC(N=[N+]=[N-])[C@@H](CO)O2)c(=O)[nH]c1=O. The van der Waals surface area contributed by atoms with E-state index in [1.807, 2.05) is 0 Å². The molecule has 1 fully saturated rings. The molecule has 210 valence electrons. The largest absolute Gasteiger partial charge is 0.481 e. The van der Waals surface area contributed by atoms with Crippen molar-refractivity contribution in [1.29, 1.82) is 0 Å². The van der Waals surface area contributed by atoms with Gasteiger partial charge >= 0.3 is 11.7 Å². The summed E-state index contributed by atoms with van der Waals surface area (Å²) in [5, 5.41) is 21.2. The van der Waals surface area contributed by atoms with Gasteiger partial charge in [0.25, 0.3) is 5.56 Å². The molecule has 0 aliphatic carbocycles. The van der Waals surface area contributed by atoms with Crippen LogP contribution >= 0.6 is 0 Å². The molecule has 1 aromatic heterocycles. The van der Waals surface area contributed by atoms with E-state index in [9.17, 15) is 14.4 Å². The molecule has 11 nitrogen and oxygen atoms in total. The zero-order valence-electron chi connectivity index (χ0n) is 22.4. The molecule has 0 bridgehead atoms. The third kappa shape index (κ3) is 13.5. The molecule has 1 aliphatic rings. The molecule has 2 rings (SSSR count). The fourth-order valence-electron chi connectivity index (χ4n) is 4.33. The molecular weight excluding hydrogens is 478 g/mol. The molecule has 3 N–H and O–H groups in total. The highest BCUT2D eigenvalue weighted by molar-refractivity contribution is 5.66. The number of aryl methyl sites for hydroxylation is 1. The van der Waals surface area contributed by atoms with E-state index in [2.05, 4.69) is 21.9 Å². The van der Waals surface area contributed by atoms with Crippen LogP contribution in [0.1, 0.15) is 115 Å². The molecule has 0 radical (unpaired) electrons. The Hall–Kier alpha value is -2.62. The number of rotatable bonds is 17. The average molecular weight is 524 g/mol. The van der Waals surface area contributed by atoms with E-state index >= 15 is 0 Å². The first-order valence-corrected chi connectivity index (χ1v) is 13.7. The minimum absolute atomic E-state index is 0.265. The number of H-pyrrole nitrogens is 1. The van der Waals surface area contributed by atoms with Crippen LogP contribution in [0.5, 0.6) is 0 Å². The number of aliphatic carboxylic acids is 1. The van der Waals surface area contributed by atoms with E-state index in [-0.39, 0.29) is 13.0 Å². The third-order valence-electron chi connectivity index (χ3n) is 6.53. The van der Waals surface area contributed by atoms with Crippen LogP contribution in [0.15, 0.2) is 20.9 Å². The second kappa shape index (κ2) is 19.5. The van der Waals surface area contributed by atoms with E-state index in [4.69, 9.17) is 20.5 Å². The van der Waals surface area contributed by atoms with Crippen LogP contribution in [0, 0.1) is 6.92 Å². The van der Waals surface area contributed by atoms with Gasteiger partial charge in [0.1, 0.15) is 6.23 Å². The van der Waals surface area contributed by atoms with Crippen LogP contribution in [0.4, 0.5) is 0 Å². The smallest absolute Gasteiger partial charge is 0.330 e. The maximum Gasteiger partial charge on any atom is 0.330 e. The Bertz CT molecular complexity index is 940. The van der Waals surface area contributed by atoms with Gasteiger partial charge in [-0.2, -0.15) is 0 Å². The van der Waals surface area contributed by atoms with Gasteiger partial charge in [-0.3, -0.25) is 19.1 Å². The Balaban J connectivity index is 0.000000371. The van der Waals surface area contributed by atoms with Gasteiger partial charge in [-0.25, -0.2) is 4.79 Å². The molecule has 1 unspecified atom stereocenters. The highest BCUT2D eigenvalue weighted by Gasteiger charge is 2.35. The predicted molar refractivity (Wildman–Crippen MR) is 143 cm³/mol. The fourth-order valence-corrected chi connectivity index (χ4v) is 4.33. The molecule has 0 amide bonds. The third-order valence-corrected chi connectivity index (χ3v) is 6.53. The zero-order chi connectivity index (χ0) is 27.5. The highest BCUT2D eigenvalue weighted by Crippen LogP contribution is 2.29. The molecule has 1 aliphatic heterocycles. The Morgan fingerprint density at radius 2 is 1.62 bits per heavy atom. The quantitative estimate of drug-likeness (QED) is 0.107. The first-order chi connectivity index (χ1) is 17.8. The lowest BCUT2D eigenvalue weighted by molar-refractivity contribution is -0.137. The van der Waals surface area contributed by atoms with Gasteiger partial charge in [0, 0.05) is 29.5 Å². The second-order valence-electron chi connectivity index (χ2n) is 9.68. The zero-order valence-corrected chi connectivity index (χ0v) is 22.4. The summed E-state index contributed by atoms with van der Waals surface area (Å²) in [7, 11) is 0. The standard InChI is InChI=1S/C16H32O2.C10H13N5O4/c1-2-3-4-5-6-7-8-9-10-11-12-13-14-15-16(17)18;1-5-3-15(10(18)12-9(5)17)8-2-6(13-14-11)7(4-16)19-8/h2-15H2,1H3,(H,17,18);3,6-8,16H,2,4H2,1H3,(H,12,17,18)/t;6?,7-,8-/m.1/s1.